The van der Waals surface area contributed by atoms with Crippen LogP contribution >= 0.6 is 0 Å². The molecule has 1 heterocycles. The first-order chi connectivity index (χ1) is 11.9. The average Bonchev–Trinajstić information content (AvgIpc) is 3.00. The lowest BCUT2D eigenvalue weighted by atomic mass is 10.1. The SMILES string of the molecule is COc1ccc(C(=O)n2cc(C(=O)O)c3ccccc32)cc1[N+](=O)[O-]. The molecule has 0 saturated heterocycles. The number of methoxy groups -OCH3 is 1. The van der Waals surface area contributed by atoms with E-state index in [-0.39, 0.29) is 22.6 Å². The number of benzene rings is 2. The van der Waals surface area contributed by atoms with Gasteiger partial charge in [0.25, 0.3) is 5.91 Å². The molecule has 1 N–H and O–H groups in total. The van der Waals surface area contributed by atoms with Crippen molar-refractivity contribution in [3.05, 3.63) is 69.9 Å². The summed E-state index contributed by atoms with van der Waals surface area (Å²) in [5, 5.41) is 20.8. The third-order valence-corrected chi connectivity index (χ3v) is 3.78. The van der Waals surface area contributed by atoms with E-state index < -0.39 is 16.8 Å². The fourth-order valence-electron chi connectivity index (χ4n) is 2.62. The van der Waals surface area contributed by atoms with Crippen LogP contribution in [-0.4, -0.2) is 33.6 Å². The zero-order chi connectivity index (χ0) is 18.1. The lowest BCUT2D eigenvalue weighted by Gasteiger charge is -2.06. The molecule has 0 aliphatic heterocycles. The molecule has 126 valence electrons. The molecule has 0 amide bonds. The summed E-state index contributed by atoms with van der Waals surface area (Å²) in [6.45, 7) is 0. The summed E-state index contributed by atoms with van der Waals surface area (Å²) in [5.74, 6) is -1.71. The van der Waals surface area contributed by atoms with E-state index in [1.807, 2.05) is 0 Å². The van der Waals surface area contributed by atoms with Crippen molar-refractivity contribution in [2.45, 2.75) is 0 Å². The number of para-hydroxylation sites is 1. The van der Waals surface area contributed by atoms with Gasteiger partial charge in [0.1, 0.15) is 0 Å². The van der Waals surface area contributed by atoms with Crippen LogP contribution in [0.15, 0.2) is 48.7 Å². The summed E-state index contributed by atoms with van der Waals surface area (Å²) in [6.07, 6.45) is 1.21. The number of aromatic carboxylic acids is 1. The Balaban J connectivity index is 2.17. The highest BCUT2D eigenvalue weighted by Crippen LogP contribution is 2.29. The molecule has 0 radical (unpaired) electrons. The number of carbonyl (C=O) groups is 2. The van der Waals surface area contributed by atoms with Crippen LogP contribution in [0.25, 0.3) is 10.9 Å². The second-order valence-electron chi connectivity index (χ2n) is 5.18. The number of carboxylic acids is 1. The van der Waals surface area contributed by atoms with Crippen LogP contribution in [0.3, 0.4) is 0 Å². The standard InChI is InChI=1S/C17H12N2O6/c1-25-15-7-6-10(8-14(15)19(23)24)16(20)18-9-12(17(21)22)11-4-2-3-5-13(11)18/h2-9H,1H3,(H,21,22). The number of carbonyl (C=O) groups excluding carboxylic acids is 1. The van der Waals surface area contributed by atoms with Gasteiger partial charge in [0.15, 0.2) is 5.75 Å². The number of rotatable bonds is 4. The summed E-state index contributed by atoms with van der Waals surface area (Å²) >= 11 is 0. The molecule has 0 aliphatic rings. The number of carboxylic acid groups (broad SMARTS) is 1. The molecule has 25 heavy (non-hydrogen) atoms. The second kappa shape index (κ2) is 6.08. The minimum atomic E-state index is -1.16. The highest BCUT2D eigenvalue weighted by molar-refractivity contribution is 6.09. The van der Waals surface area contributed by atoms with Crippen LogP contribution in [0.1, 0.15) is 20.7 Å². The average molecular weight is 340 g/mol. The Morgan fingerprint density at radius 2 is 1.92 bits per heavy atom. The van der Waals surface area contributed by atoms with Crippen molar-refractivity contribution in [2.24, 2.45) is 0 Å². The highest BCUT2D eigenvalue weighted by Gasteiger charge is 2.22. The van der Waals surface area contributed by atoms with Gasteiger partial charge in [-0.1, -0.05) is 18.2 Å². The van der Waals surface area contributed by atoms with Crippen molar-refractivity contribution in [3.8, 4) is 5.75 Å². The van der Waals surface area contributed by atoms with E-state index in [1.165, 1.54) is 30.0 Å². The van der Waals surface area contributed by atoms with E-state index in [4.69, 9.17) is 4.74 Å². The maximum absolute atomic E-state index is 12.8. The number of ether oxygens (including phenoxy) is 1. The summed E-state index contributed by atoms with van der Waals surface area (Å²) in [6, 6.07) is 10.4. The highest BCUT2D eigenvalue weighted by atomic mass is 16.6. The van der Waals surface area contributed by atoms with E-state index in [2.05, 4.69) is 0 Å². The third kappa shape index (κ3) is 2.69. The first-order valence-electron chi connectivity index (χ1n) is 7.14. The number of hydrogen-bond acceptors (Lipinski definition) is 5. The molecule has 1 aromatic heterocycles. The van der Waals surface area contributed by atoms with Crippen LogP contribution in [0.4, 0.5) is 5.69 Å². The fourth-order valence-corrected chi connectivity index (χ4v) is 2.62. The number of aromatic nitrogens is 1. The van der Waals surface area contributed by atoms with Crippen molar-refractivity contribution >= 4 is 28.5 Å². The molecule has 0 fully saturated rings. The zero-order valence-electron chi connectivity index (χ0n) is 13.0. The zero-order valence-corrected chi connectivity index (χ0v) is 13.0. The third-order valence-electron chi connectivity index (χ3n) is 3.78. The topological polar surface area (TPSA) is 112 Å². The van der Waals surface area contributed by atoms with Crippen molar-refractivity contribution < 1.29 is 24.4 Å². The molecule has 3 rings (SSSR count). The van der Waals surface area contributed by atoms with Crippen molar-refractivity contribution in [2.75, 3.05) is 7.11 Å². The Bertz CT molecular complexity index is 1020. The molecule has 3 aromatic rings. The van der Waals surface area contributed by atoms with Gasteiger partial charge in [0.05, 0.1) is 23.1 Å². The predicted molar refractivity (Wildman–Crippen MR) is 88.3 cm³/mol. The molecule has 0 bridgehead atoms. The fraction of sp³-hybridized carbons (Fsp3) is 0.0588. The van der Waals surface area contributed by atoms with Gasteiger partial charge in [-0.25, -0.2) is 4.79 Å². The van der Waals surface area contributed by atoms with Crippen LogP contribution < -0.4 is 4.74 Å². The molecule has 8 nitrogen and oxygen atoms in total. The molecule has 0 spiro atoms. The summed E-state index contributed by atoms with van der Waals surface area (Å²) in [4.78, 5) is 34.6. The molecule has 0 unspecified atom stereocenters. The largest absolute Gasteiger partial charge is 0.490 e. The summed E-state index contributed by atoms with van der Waals surface area (Å²) < 4.78 is 6.09. The Kier molecular flexibility index (Phi) is 3.94. The monoisotopic (exact) mass is 340 g/mol. The van der Waals surface area contributed by atoms with Gasteiger partial charge in [-0.2, -0.15) is 0 Å². The Labute approximate surface area is 141 Å². The number of nitro benzene ring substituents is 1. The molecule has 0 saturated carbocycles. The van der Waals surface area contributed by atoms with E-state index >= 15 is 0 Å². The van der Waals surface area contributed by atoms with E-state index in [0.717, 1.165) is 6.07 Å². The van der Waals surface area contributed by atoms with E-state index in [0.29, 0.717) is 10.9 Å². The minimum absolute atomic E-state index is 0.0213. The summed E-state index contributed by atoms with van der Waals surface area (Å²) in [5.41, 5.74) is 0.0868. The Morgan fingerprint density at radius 1 is 1.20 bits per heavy atom. The first kappa shape index (κ1) is 16.2. The van der Waals surface area contributed by atoms with Crippen LogP contribution in [0.2, 0.25) is 0 Å². The quantitative estimate of drug-likeness (QED) is 0.577. The summed E-state index contributed by atoms with van der Waals surface area (Å²) in [7, 11) is 1.29. The normalized spacial score (nSPS) is 10.6. The van der Waals surface area contributed by atoms with Gasteiger partial charge in [-0.3, -0.25) is 19.5 Å². The van der Waals surface area contributed by atoms with Crippen LogP contribution in [0.5, 0.6) is 5.75 Å². The van der Waals surface area contributed by atoms with Gasteiger partial charge >= 0.3 is 11.7 Å². The molecular formula is C17H12N2O6. The van der Waals surface area contributed by atoms with Crippen molar-refractivity contribution in [1.29, 1.82) is 0 Å². The molecule has 8 heteroatoms. The molecule has 0 aliphatic carbocycles. The van der Waals surface area contributed by atoms with Gasteiger partial charge in [-0.15, -0.1) is 0 Å². The van der Waals surface area contributed by atoms with Crippen LogP contribution in [0, 0.1) is 10.1 Å². The van der Waals surface area contributed by atoms with Crippen molar-refractivity contribution in [1.82, 2.24) is 4.57 Å². The number of nitrogens with zero attached hydrogens (tertiary/aromatic N) is 2. The maximum atomic E-state index is 12.8. The van der Waals surface area contributed by atoms with Crippen LogP contribution in [-0.2, 0) is 0 Å². The van der Waals surface area contributed by atoms with Gasteiger partial charge < -0.3 is 9.84 Å². The minimum Gasteiger partial charge on any atom is -0.490 e. The van der Waals surface area contributed by atoms with Crippen molar-refractivity contribution in [3.63, 3.8) is 0 Å². The predicted octanol–water partition coefficient (Wildman–Crippen LogP) is 2.94. The Morgan fingerprint density at radius 3 is 2.56 bits per heavy atom. The van der Waals surface area contributed by atoms with E-state index in [1.54, 1.807) is 24.3 Å². The molecule has 2 aromatic carbocycles. The first-order valence-corrected chi connectivity index (χ1v) is 7.14. The smallest absolute Gasteiger partial charge is 0.337 e. The van der Waals surface area contributed by atoms with E-state index in [9.17, 15) is 24.8 Å². The molecular weight excluding hydrogens is 328 g/mol. The number of nitro groups is 1. The number of hydrogen-bond donors (Lipinski definition) is 1. The van der Waals surface area contributed by atoms with Gasteiger partial charge in [0.2, 0.25) is 0 Å². The lowest BCUT2D eigenvalue weighted by molar-refractivity contribution is -0.385. The van der Waals surface area contributed by atoms with Gasteiger partial charge in [-0.05, 0) is 18.2 Å². The van der Waals surface area contributed by atoms with Gasteiger partial charge in [0, 0.05) is 23.2 Å². The second-order valence-corrected chi connectivity index (χ2v) is 5.18. The maximum Gasteiger partial charge on any atom is 0.337 e. The Hall–Kier alpha value is -3.68. The lowest BCUT2D eigenvalue weighted by Crippen LogP contribution is -2.11. The number of fused-ring (bicyclic) bond motifs is 1. The molecule has 0 atom stereocenters.